The molecule has 0 bridgehead atoms. The number of aromatic nitrogens is 3. The Bertz CT molecular complexity index is 350. The third-order valence-electron chi connectivity index (χ3n) is 2.19. The van der Waals surface area contributed by atoms with Crippen molar-refractivity contribution in [3.05, 3.63) is 12.2 Å². The zero-order valence-corrected chi connectivity index (χ0v) is 10.7. The Kier molecular flexibility index (Phi) is 4.79. The Labute approximate surface area is 101 Å². The number of carbonyl (C=O) groups excluding carboxylic acids is 1. The van der Waals surface area contributed by atoms with Gasteiger partial charge < -0.3 is 5.32 Å². The van der Waals surface area contributed by atoms with E-state index in [1.54, 1.807) is 11.0 Å². The van der Waals surface area contributed by atoms with E-state index in [2.05, 4.69) is 28.0 Å². The molecule has 0 aliphatic heterocycles. The minimum Gasteiger partial charge on any atom is -0.355 e. The summed E-state index contributed by atoms with van der Waals surface area (Å²) in [5.74, 6) is 0.939. The lowest BCUT2D eigenvalue weighted by Gasteiger charge is -2.13. The van der Waals surface area contributed by atoms with E-state index in [0.717, 1.165) is 5.82 Å². The number of carbonyl (C=O) groups is 1. The Hall–Kier alpha value is -1.04. The molecule has 0 fully saturated rings. The molecule has 0 saturated heterocycles. The van der Waals surface area contributed by atoms with Crippen molar-refractivity contribution in [1.82, 2.24) is 20.1 Å². The molecule has 1 aromatic rings. The quantitative estimate of drug-likeness (QED) is 0.736. The second-order valence-corrected chi connectivity index (χ2v) is 4.62. The van der Waals surface area contributed by atoms with Crippen molar-refractivity contribution in [2.24, 2.45) is 13.0 Å². The van der Waals surface area contributed by atoms with Crippen molar-refractivity contribution in [3.63, 3.8) is 0 Å². The van der Waals surface area contributed by atoms with E-state index >= 15 is 0 Å². The number of aryl methyl sites for hydroxylation is 1. The third kappa shape index (κ3) is 3.84. The van der Waals surface area contributed by atoms with Crippen molar-refractivity contribution >= 4 is 18.5 Å². The van der Waals surface area contributed by atoms with Gasteiger partial charge in [0.15, 0.2) is 5.82 Å². The topological polar surface area (TPSA) is 59.8 Å². The zero-order valence-electron chi connectivity index (χ0n) is 9.84. The Morgan fingerprint density at radius 2 is 2.31 bits per heavy atom. The molecule has 1 unspecified atom stereocenters. The molecule has 0 saturated carbocycles. The van der Waals surface area contributed by atoms with Gasteiger partial charge in [-0.05, 0) is 5.92 Å². The van der Waals surface area contributed by atoms with E-state index < -0.39 is 0 Å². The van der Waals surface area contributed by atoms with E-state index in [0.29, 0.717) is 13.0 Å². The van der Waals surface area contributed by atoms with E-state index in [-0.39, 0.29) is 17.1 Å². The van der Waals surface area contributed by atoms with Gasteiger partial charge in [-0.1, -0.05) is 13.8 Å². The highest BCUT2D eigenvalue weighted by molar-refractivity contribution is 7.81. The van der Waals surface area contributed by atoms with Crippen LogP contribution >= 0.6 is 12.6 Å². The van der Waals surface area contributed by atoms with Crippen molar-refractivity contribution in [1.29, 1.82) is 0 Å². The van der Waals surface area contributed by atoms with Crippen LogP contribution in [0, 0.1) is 5.92 Å². The highest BCUT2D eigenvalue weighted by Gasteiger charge is 2.16. The van der Waals surface area contributed by atoms with E-state index in [9.17, 15) is 4.79 Å². The van der Waals surface area contributed by atoms with Crippen LogP contribution in [-0.2, 0) is 18.3 Å². The predicted molar refractivity (Wildman–Crippen MR) is 65.3 cm³/mol. The van der Waals surface area contributed by atoms with Gasteiger partial charge in [0.05, 0.1) is 5.25 Å². The summed E-state index contributed by atoms with van der Waals surface area (Å²) < 4.78 is 1.65. The molecule has 0 aromatic carbocycles. The van der Waals surface area contributed by atoms with Gasteiger partial charge in [0.25, 0.3) is 0 Å². The molecule has 6 heteroatoms. The van der Waals surface area contributed by atoms with Gasteiger partial charge in [-0.2, -0.15) is 17.7 Å². The second-order valence-electron chi connectivity index (χ2n) is 4.06. The lowest BCUT2D eigenvalue weighted by Crippen LogP contribution is -2.35. The first-order valence-corrected chi connectivity index (χ1v) is 5.82. The molecule has 0 aliphatic carbocycles. The highest BCUT2D eigenvalue weighted by Crippen LogP contribution is 2.08. The van der Waals surface area contributed by atoms with Gasteiger partial charge >= 0.3 is 0 Å². The summed E-state index contributed by atoms with van der Waals surface area (Å²) in [5.41, 5.74) is 0. The molecule has 16 heavy (non-hydrogen) atoms. The van der Waals surface area contributed by atoms with Crippen LogP contribution in [0.3, 0.4) is 0 Å². The van der Waals surface area contributed by atoms with Crippen LogP contribution < -0.4 is 5.32 Å². The molecule has 5 nitrogen and oxygen atoms in total. The van der Waals surface area contributed by atoms with Crippen LogP contribution in [-0.4, -0.2) is 32.5 Å². The summed E-state index contributed by atoms with van der Waals surface area (Å²) in [6.07, 6.45) is 2.29. The first-order valence-electron chi connectivity index (χ1n) is 5.31. The Morgan fingerprint density at radius 1 is 1.62 bits per heavy atom. The fourth-order valence-corrected chi connectivity index (χ4v) is 1.29. The largest absolute Gasteiger partial charge is 0.355 e. The summed E-state index contributed by atoms with van der Waals surface area (Å²) in [6, 6.07) is 0. The zero-order chi connectivity index (χ0) is 12.1. The molecular weight excluding hydrogens is 224 g/mol. The van der Waals surface area contributed by atoms with Crippen molar-refractivity contribution in [2.75, 3.05) is 6.54 Å². The van der Waals surface area contributed by atoms with Crippen LogP contribution in [0.1, 0.15) is 19.7 Å². The van der Waals surface area contributed by atoms with E-state index in [1.807, 2.05) is 20.9 Å². The van der Waals surface area contributed by atoms with E-state index in [4.69, 9.17) is 0 Å². The molecule has 1 aromatic heterocycles. The molecule has 0 spiro atoms. The minimum atomic E-state index is -0.253. The molecule has 0 aliphatic rings. The average molecular weight is 242 g/mol. The van der Waals surface area contributed by atoms with Gasteiger partial charge in [0, 0.05) is 20.0 Å². The smallest absolute Gasteiger partial charge is 0.233 e. The number of hydrogen-bond acceptors (Lipinski definition) is 4. The van der Waals surface area contributed by atoms with Crippen molar-refractivity contribution < 1.29 is 4.79 Å². The monoisotopic (exact) mass is 242 g/mol. The molecule has 1 N–H and O–H groups in total. The minimum absolute atomic E-state index is 0.0331. The fourth-order valence-electron chi connectivity index (χ4n) is 1.20. The molecule has 0 radical (unpaired) electrons. The van der Waals surface area contributed by atoms with Crippen LogP contribution in [0.15, 0.2) is 6.33 Å². The summed E-state index contributed by atoms with van der Waals surface area (Å²) in [4.78, 5) is 15.6. The lowest BCUT2D eigenvalue weighted by molar-refractivity contribution is -0.121. The standard InChI is InChI=1S/C10H18N4OS/c1-7(2)9(16)10(15)11-5-4-8-12-6-14(3)13-8/h6-7,9,16H,4-5H2,1-3H3,(H,11,15). The number of hydrogen-bond donors (Lipinski definition) is 2. The molecular formula is C10H18N4OS. The van der Waals surface area contributed by atoms with Gasteiger partial charge in [-0.3, -0.25) is 9.48 Å². The maximum atomic E-state index is 11.5. The van der Waals surface area contributed by atoms with Gasteiger partial charge in [-0.15, -0.1) is 0 Å². The molecule has 1 amide bonds. The van der Waals surface area contributed by atoms with Gasteiger partial charge in [0.2, 0.25) is 5.91 Å². The SMILES string of the molecule is CC(C)C(S)C(=O)NCCc1ncn(C)n1. The molecule has 90 valence electrons. The first-order chi connectivity index (χ1) is 7.50. The van der Waals surface area contributed by atoms with Crippen LogP contribution in [0.25, 0.3) is 0 Å². The number of rotatable bonds is 5. The second kappa shape index (κ2) is 5.89. The summed E-state index contributed by atoms with van der Waals surface area (Å²) in [5, 5.41) is 6.69. The predicted octanol–water partition coefficient (Wildman–Crippen LogP) is 0.428. The molecule has 1 heterocycles. The maximum Gasteiger partial charge on any atom is 0.233 e. The molecule has 1 rings (SSSR count). The van der Waals surface area contributed by atoms with Gasteiger partial charge in [-0.25, -0.2) is 4.98 Å². The fraction of sp³-hybridized carbons (Fsp3) is 0.700. The number of thiol groups is 1. The number of nitrogens with one attached hydrogen (secondary N) is 1. The van der Waals surface area contributed by atoms with E-state index in [1.165, 1.54) is 0 Å². The van der Waals surface area contributed by atoms with Crippen LogP contribution in [0.2, 0.25) is 0 Å². The summed E-state index contributed by atoms with van der Waals surface area (Å²) in [6.45, 7) is 4.49. The maximum absolute atomic E-state index is 11.5. The summed E-state index contributed by atoms with van der Waals surface area (Å²) >= 11 is 4.24. The van der Waals surface area contributed by atoms with Crippen LogP contribution in [0.4, 0.5) is 0 Å². The average Bonchev–Trinajstić information content (AvgIpc) is 2.62. The number of amides is 1. The lowest BCUT2D eigenvalue weighted by atomic mass is 10.1. The van der Waals surface area contributed by atoms with Crippen LogP contribution in [0.5, 0.6) is 0 Å². The van der Waals surface area contributed by atoms with Gasteiger partial charge in [0.1, 0.15) is 6.33 Å². The molecule has 1 atom stereocenters. The third-order valence-corrected chi connectivity index (χ3v) is 3.03. The van der Waals surface area contributed by atoms with Crippen molar-refractivity contribution in [2.45, 2.75) is 25.5 Å². The first kappa shape index (κ1) is 13.0. The Morgan fingerprint density at radius 3 is 2.81 bits per heavy atom. The van der Waals surface area contributed by atoms with Crippen molar-refractivity contribution in [3.8, 4) is 0 Å². The summed E-state index contributed by atoms with van der Waals surface area (Å²) in [7, 11) is 1.82. The Balaban J connectivity index is 2.28. The normalized spacial score (nSPS) is 12.8. The number of nitrogens with zero attached hydrogens (tertiary/aromatic N) is 3. The highest BCUT2D eigenvalue weighted by atomic mass is 32.1.